The Hall–Kier alpha value is -2.20. The Morgan fingerprint density at radius 1 is 1.15 bits per heavy atom. The van der Waals surface area contributed by atoms with Gasteiger partial charge in [0.2, 0.25) is 0 Å². The van der Waals surface area contributed by atoms with E-state index in [9.17, 15) is 9.18 Å². The van der Waals surface area contributed by atoms with E-state index in [1.165, 1.54) is 44.2 Å². The topological polar surface area (TPSA) is 32.3 Å². The number of benzene rings is 2. The molecule has 1 aliphatic rings. The van der Waals surface area contributed by atoms with Gasteiger partial charge in [-0.25, -0.2) is 4.39 Å². The molecule has 1 N–H and O–H groups in total. The number of hydrogen-bond acceptors (Lipinski definition) is 2. The molecule has 1 fully saturated rings. The van der Waals surface area contributed by atoms with Crippen LogP contribution in [0.4, 0.5) is 10.1 Å². The minimum absolute atomic E-state index is 0.269. The number of rotatable bonds is 5. The zero-order valence-corrected chi connectivity index (χ0v) is 15.6. The molecule has 0 bridgehead atoms. The molecular formula is C22H27FN2O. The first-order valence-corrected chi connectivity index (χ1v) is 9.40. The summed E-state index contributed by atoms with van der Waals surface area (Å²) in [7, 11) is 2.16. The van der Waals surface area contributed by atoms with Crippen LogP contribution in [0.15, 0.2) is 42.5 Å². The summed E-state index contributed by atoms with van der Waals surface area (Å²) >= 11 is 0. The van der Waals surface area contributed by atoms with Crippen molar-refractivity contribution in [3.05, 3.63) is 65.0 Å². The third kappa shape index (κ3) is 4.50. The maximum atomic E-state index is 13.5. The van der Waals surface area contributed by atoms with Gasteiger partial charge in [-0.1, -0.05) is 43.5 Å². The number of carbonyl (C=O) groups excluding carboxylic acids is 1. The molecule has 138 valence electrons. The van der Waals surface area contributed by atoms with Crippen molar-refractivity contribution in [3.63, 3.8) is 0 Å². The molecule has 3 nitrogen and oxygen atoms in total. The number of nitrogens with one attached hydrogen (secondary N) is 1. The molecule has 0 radical (unpaired) electrons. The van der Waals surface area contributed by atoms with Crippen LogP contribution in [0, 0.1) is 12.7 Å². The van der Waals surface area contributed by atoms with Crippen LogP contribution >= 0.6 is 0 Å². The first-order valence-electron chi connectivity index (χ1n) is 9.40. The summed E-state index contributed by atoms with van der Waals surface area (Å²) in [6, 6.07) is 12.8. The van der Waals surface area contributed by atoms with E-state index >= 15 is 0 Å². The van der Waals surface area contributed by atoms with Crippen molar-refractivity contribution < 1.29 is 9.18 Å². The molecule has 0 saturated heterocycles. The molecular weight excluding hydrogens is 327 g/mol. The normalized spacial score (nSPS) is 15.2. The summed E-state index contributed by atoms with van der Waals surface area (Å²) in [4.78, 5) is 15.0. The Bertz CT molecular complexity index is 768. The van der Waals surface area contributed by atoms with Crippen LogP contribution in [0.1, 0.15) is 53.6 Å². The second kappa shape index (κ2) is 8.45. The number of halogens is 1. The molecule has 0 heterocycles. The number of para-hydroxylation sites is 1. The molecule has 0 unspecified atom stereocenters. The number of carbonyl (C=O) groups is 1. The average molecular weight is 354 g/mol. The molecule has 1 amide bonds. The zero-order chi connectivity index (χ0) is 18.5. The Kier molecular flexibility index (Phi) is 6.04. The maximum Gasteiger partial charge on any atom is 0.256 e. The van der Waals surface area contributed by atoms with Gasteiger partial charge in [0.1, 0.15) is 5.82 Å². The summed E-state index contributed by atoms with van der Waals surface area (Å²) in [6.07, 6.45) is 6.42. The van der Waals surface area contributed by atoms with E-state index in [2.05, 4.69) is 17.3 Å². The molecule has 26 heavy (non-hydrogen) atoms. The van der Waals surface area contributed by atoms with Gasteiger partial charge in [-0.05, 0) is 56.1 Å². The first-order chi connectivity index (χ1) is 12.5. The highest BCUT2D eigenvalue weighted by molar-refractivity contribution is 6.05. The third-order valence-corrected chi connectivity index (χ3v) is 5.33. The first kappa shape index (κ1) is 18.6. The standard InChI is InChI=1S/C22H27FN2O/c1-16-12-13-18(23)14-20(16)22(26)24-21-11-7-6-8-17(21)15-25(2)19-9-4-3-5-10-19/h6-8,11-14,19H,3-5,9-10,15H2,1-2H3,(H,24,26). The van der Waals surface area contributed by atoms with Crippen LogP contribution in [0.5, 0.6) is 0 Å². The third-order valence-electron chi connectivity index (χ3n) is 5.33. The predicted molar refractivity (Wildman–Crippen MR) is 104 cm³/mol. The number of aryl methyl sites for hydroxylation is 1. The van der Waals surface area contributed by atoms with Crippen LogP contribution < -0.4 is 5.32 Å². The SMILES string of the molecule is Cc1ccc(F)cc1C(=O)Nc1ccccc1CN(C)C1CCCCC1. The van der Waals surface area contributed by atoms with Crippen molar-refractivity contribution in [2.24, 2.45) is 0 Å². The molecule has 0 spiro atoms. The molecule has 1 aliphatic carbocycles. The predicted octanol–water partition coefficient (Wildman–Crippen LogP) is 5.15. The molecule has 0 aromatic heterocycles. The largest absolute Gasteiger partial charge is 0.322 e. The number of anilines is 1. The molecule has 0 aliphatic heterocycles. The number of hydrogen-bond donors (Lipinski definition) is 1. The van der Waals surface area contributed by atoms with E-state index in [4.69, 9.17) is 0 Å². The zero-order valence-electron chi connectivity index (χ0n) is 15.6. The van der Waals surface area contributed by atoms with Crippen LogP contribution in [0.3, 0.4) is 0 Å². The number of amides is 1. The Morgan fingerprint density at radius 3 is 2.65 bits per heavy atom. The lowest BCUT2D eigenvalue weighted by Gasteiger charge is -2.31. The monoisotopic (exact) mass is 354 g/mol. The van der Waals surface area contributed by atoms with Gasteiger partial charge in [-0.3, -0.25) is 9.69 Å². The highest BCUT2D eigenvalue weighted by Crippen LogP contribution is 2.25. The second-order valence-electron chi connectivity index (χ2n) is 7.28. The van der Waals surface area contributed by atoms with Crippen molar-refractivity contribution in [1.29, 1.82) is 0 Å². The van der Waals surface area contributed by atoms with Gasteiger partial charge in [-0.15, -0.1) is 0 Å². The van der Waals surface area contributed by atoms with E-state index in [1.807, 2.05) is 31.2 Å². The van der Waals surface area contributed by atoms with Crippen molar-refractivity contribution >= 4 is 11.6 Å². The van der Waals surface area contributed by atoms with E-state index < -0.39 is 5.82 Å². The molecule has 0 atom stereocenters. The Balaban J connectivity index is 1.74. The van der Waals surface area contributed by atoms with Gasteiger partial charge in [0.25, 0.3) is 5.91 Å². The smallest absolute Gasteiger partial charge is 0.256 e. The molecule has 3 rings (SSSR count). The van der Waals surface area contributed by atoms with Crippen LogP contribution in [0.2, 0.25) is 0 Å². The van der Waals surface area contributed by atoms with Gasteiger partial charge < -0.3 is 5.32 Å². The maximum absolute atomic E-state index is 13.5. The van der Waals surface area contributed by atoms with Gasteiger partial charge in [0.15, 0.2) is 0 Å². The molecule has 4 heteroatoms. The average Bonchev–Trinajstić information content (AvgIpc) is 2.66. The van der Waals surface area contributed by atoms with Gasteiger partial charge in [0, 0.05) is 23.8 Å². The molecule has 2 aromatic carbocycles. The van der Waals surface area contributed by atoms with Crippen molar-refractivity contribution in [3.8, 4) is 0 Å². The lowest BCUT2D eigenvalue weighted by atomic mass is 9.94. The summed E-state index contributed by atoms with van der Waals surface area (Å²) in [5.74, 6) is -0.666. The minimum atomic E-state index is -0.397. The fourth-order valence-corrected chi connectivity index (χ4v) is 3.73. The quantitative estimate of drug-likeness (QED) is 0.805. The van der Waals surface area contributed by atoms with Gasteiger partial charge in [-0.2, -0.15) is 0 Å². The highest BCUT2D eigenvalue weighted by atomic mass is 19.1. The molecule has 2 aromatic rings. The lowest BCUT2D eigenvalue weighted by Crippen LogP contribution is -2.33. The highest BCUT2D eigenvalue weighted by Gasteiger charge is 2.19. The second-order valence-corrected chi connectivity index (χ2v) is 7.28. The van der Waals surface area contributed by atoms with E-state index in [1.54, 1.807) is 6.07 Å². The van der Waals surface area contributed by atoms with Crippen molar-refractivity contribution in [2.45, 2.75) is 51.6 Å². The Morgan fingerprint density at radius 2 is 1.88 bits per heavy atom. The fourth-order valence-electron chi connectivity index (χ4n) is 3.73. The summed E-state index contributed by atoms with van der Waals surface area (Å²) in [6.45, 7) is 2.61. The molecule has 1 saturated carbocycles. The van der Waals surface area contributed by atoms with Crippen molar-refractivity contribution in [1.82, 2.24) is 4.90 Å². The van der Waals surface area contributed by atoms with Gasteiger partial charge in [0.05, 0.1) is 0 Å². The van der Waals surface area contributed by atoms with Crippen LogP contribution in [0.25, 0.3) is 0 Å². The van der Waals surface area contributed by atoms with Crippen molar-refractivity contribution in [2.75, 3.05) is 12.4 Å². The summed E-state index contributed by atoms with van der Waals surface area (Å²) in [5, 5.41) is 2.97. The van der Waals surface area contributed by atoms with Gasteiger partial charge >= 0.3 is 0 Å². The lowest BCUT2D eigenvalue weighted by molar-refractivity contribution is 0.102. The van der Waals surface area contributed by atoms with E-state index in [0.717, 1.165) is 23.4 Å². The summed E-state index contributed by atoms with van der Waals surface area (Å²) in [5.41, 5.74) is 3.02. The minimum Gasteiger partial charge on any atom is -0.322 e. The summed E-state index contributed by atoms with van der Waals surface area (Å²) < 4.78 is 13.5. The Labute approximate surface area is 155 Å². The fraction of sp³-hybridized carbons (Fsp3) is 0.409. The van der Waals surface area contributed by atoms with E-state index in [-0.39, 0.29) is 5.91 Å². The van der Waals surface area contributed by atoms with Crippen LogP contribution in [-0.4, -0.2) is 23.9 Å². The van der Waals surface area contributed by atoms with Crippen LogP contribution in [-0.2, 0) is 6.54 Å². The van der Waals surface area contributed by atoms with E-state index in [0.29, 0.717) is 11.6 Å². The number of nitrogens with zero attached hydrogens (tertiary/aromatic N) is 1.